The molecule has 0 unspecified atom stereocenters. The Labute approximate surface area is 232 Å². The summed E-state index contributed by atoms with van der Waals surface area (Å²) >= 11 is -2.71. The van der Waals surface area contributed by atoms with Crippen LogP contribution in [0, 0.1) is 0 Å². The molecule has 1 aliphatic heterocycles. The fraction of sp³-hybridized carbons (Fsp3) is 1.00. The SMILES string of the molecule is CCC[CH2][Sn]([CH2]CCC)([CH2]CCC)[CH]1O[C@H](CO[Si](C)(C)C(C)(C)C)[C@@H](CO[Si](C)(C)C(C)(C)C)O1. The minimum absolute atomic E-state index is 0.0187. The van der Waals surface area contributed by atoms with Gasteiger partial charge in [0, 0.05) is 0 Å². The fourth-order valence-corrected chi connectivity index (χ4v) is 22.3. The van der Waals surface area contributed by atoms with Gasteiger partial charge in [0.05, 0.1) is 0 Å². The van der Waals surface area contributed by atoms with Crippen molar-refractivity contribution in [3.8, 4) is 0 Å². The van der Waals surface area contributed by atoms with Crippen LogP contribution in [0.15, 0.2) is 0 Å². The molecule has 216 valence electrons. The molecular weight excluding hydrogens is 587 g/mol. The van der Waals surface area contributed by atoms with Crippen molar-refractivity contribution in [2.75, 3.05) is 13.2 Å². The van der Waals surface area contributed by atoms with Gasteiger partial charge < -0.3 is 0 Å². The van der Waals surface area contributed by atoms with Gasteiger partial charge in [-0.05, 0) is 0 Å². The minimum atomic E-state index is -2.71. The first-order chi connectivity index (χ1) is 16.5. The Balaban J connectivity index is 3.23. The van der Waals surface area contributed by atoms with Gasteiger partial charge in [0.2, 0.25) is 0 Å². The predicted octanol–water partition coefficient (Wildman–Crippen LogP) is 9.53. The fourth-order valence-electron chi connectivity index (χ4n) is 4.44. The third kappa shape index (κ3) is 9.92. The molecule has 2 atom stereocenters. The first-order valence-corrected chi connectivity index (χ1v) is 28.6. The van der Waals surface area contributed by atoms with E-state index in [-0.39, 0.29) is 26.6 Å². The monoisotopic (exact) mass is 652 g/mol. The number of rotatable bonds is 16. The van der Waals surface area contributed by atoms with Gasteiger partial charge in [-0.3, -0.25) is 0 Å². The number of hydrogen-bond acceptors (Lipinski definition) is 4. The van der Waals surface area contributed by atoms with E-state index in [1.807, 2.05) is 0 Å². The van der Waals surface area contributed by atoms with E-state index in [4.69, 9.17) is 18.3 Å². The van der Waals surface area contributed by atoms with Crippen molar-refractivity contribution >= 4 is 35.0 Å². The maximum absolute atomic E-state index is 6.99. The molecule has 36 heavy (non-hydrogen) atoms. The zero-order chi connectivity index (χ0) is 27.8. The molecule has 1 fully saturated rings. The van der Waals surface area contributed by atoms with Crippen LogP contribution < -0.4 is 0 Å². The average Bonchev–Trinajstić information content (AvgIpc) is 3.18. The van der Waals surface area contributed by atoms with Crippen LogP contribution in [0.1, 0.15) is 101 Å². The molecule has 0 spiro atoms. The predicted molar refractivity (Wildman–Crippen MR) is 165 cm³/mol. The van der Waals surface area contributed by atoms with E-state index in [1.165, 1.54) is 51.8 Å². The van der Waals surface area contributed by atoms with Crippen molar-refractivity contribution in [3.05, 3.63) is 0 Å². The van der Waals surface area contributed by atoms with Crippen molar-refractivity contribution in [1.29, 1.82) is 0 Å². The molecular formula is C29H64O4Si2Sn. The Morgan fingerprint density at radius 1 is 0.611 bits per heavy atom. The quantitative estimate of drug-likeness (QED) is 0.156. The van der Waals surface area contributed by atoms with Crippen LogP contribution in [0.2, 0.25) is 49.6 Å². The van der Waals surface area contributed by atoms with Gasteiger partial charge in [-0.1, -0.05) is 0 Å². The molecule has 0 aromatic heterocycles. The average molecular weight is 652 g/mol. The van der Waals surface area contributed by atoms with Gasteiger partial charge in [-0.25, -0.2) is 0 Å². The molecule has 1 heterocycles. The van der Waals surface area contributed by atoms with Gasteiger partial charge in [0.25, 0.3) is 0 Å². The van der Waals surface area contributed by atoms with Gasteiger partial charge in [-0.2, -0.15) is 0 Å². The number of unbranched alkanes of at least 4 members (excludes halogenated alkanes) is 3. The van der Waals surface area contributed by atoms with Crippen molar-refractivity contribution in [3.63, 3.8) is 0 Å². The molecule has 1 saturated heterocycles. The molecule has 1 rings (SSSR count). The molecule has 0 saturated carbocycles. The van der Waals surface area contributed by atoms with Crippen molar-refractivity contribution in [2.24, 2.45) is 0 Å². The zero-order valence-electron chi connectivity index (χ0n) is 26.6. The summed E-state index contributed by atoms with van der Waals surface area (Å²) < 4.78 is 31.7. The molecule has 7 heteroatoms. The van der Waals surface area contributed by atoms with E-state index in [0.717, 1.165) is 0 Å². The van der Waals surface area contributed by atoms with Gasteiger partial charge in [-0.15, -0.1) is 0 Å². The summed E-state index contributed by atoms with van der Waals surface area (Å²) in [6, 6.07) is 0. The molecule has 1 aliphatic rings. The second kappa shape index (κ2) is 14.6. The summed E-state index contributed by atoms with van der Waals surface area (Å²) in [6.07, 6.45) is 7.72. The third-order valence-corrected chi connectivity index (χ3v) is 33.6. The summed E-state index contributed by atoms with van der Waals surface area (Å²) in [4.78, 5) is 0. The summed E-state index contributed by atoms with van der Waals surface area (Å²) in [5, 5.41) is 0.372. The molecule has 0 radical (unpaired) electrons. The molecule has 0 bridgehead atoms. The third-order valence-electron chi connectivity index (χ3n) is 9.43. The number of hydrogen-bond donors (Lipinski definition) is 0. The van der Waals surface area contributed by atoms with E-state index in [9.17, 15) is 0 Å². The number of ether oxygens (including phenoxy) is 2. The second-order valence-electron chi connectivity index (χ2n) is 14.5. The van der Waals surface area contributed by atoms with Crippen LogP contribution in [-0.2, 0) is 18.3 Å². The summed E-state index contributed by atoms with van der Waals surface area (Å²) in [7, 11) is -3.75. The van der Waals surface area contributed by atoms with E-state index in [0.29, 0.717) is 13.2 Å². The Morgan fingerprint density at radius 3 is 1.17 bits per heavy atom. The van der Waals surface area contributed by atoms with E-state index in [2.05, 4.69) is 88.5 Å². The molecule has 0 aromatic rings. The van der Waals surface area contributed by atoms with Crippen molar-refractivity contribution < 1.29 is 18.3 Å². The Kier molecular flexibility index (Phi) is 14.3. The molecule has 0 aliphatic carbocycles. The van der Waals surface area contributed by atoms with Crippen molar-refractivity contribution in [1.82, 2.24) is 0 Å². The van der Waals surface area contributed by atoms with Gasteiger partial charge in [0.1, 0.15) is 0 Å². The van der Waals surface area contributed by atoms with Crippen LogP contribution in [0.5, 0.6) is 0 Å². The summed E-state index contributed by atoms with van der Waals surface area (Å²) in [5.41, 5.74) is 0. The first kappa shape index (κ1) is 35.1. The normalized spacial score (nSPS) is 20.9. The topological polar surface area (TPSA) is 36.9 Å². The maximum atomic E-state index is 6.99. The summed E-state index contributed by atoms with van der Waals surface area (Å²) in [6.45, 7) is 31.5. The van der Waals surface area contributed by atoms with Gasteiger partial charge in [0.15, 0.2) is 0 Å². The van der Waals surface area contributed by atoms with Crippen LogP contribution in [0.4, 0.5) is 0 Å². The standard InChI is InChI=1S/C17H37O4Si2.3C4H9.Sn/c1-16(2,3)22(7,8)20-11-14-15(19-13-18-14)12-21-23(9,10)17(4,5)6;3*1-3-4-2;/h13-15H,11-12H2,1-10H3;3*1,3-4H2,2H3;/t14-,15-;;;;/m1..../s1. The van der Waals surface area contributed by atoms with Crippen molar-refractivity contribution in [2.45, 2.75) is 167 Å². The Morgan fingerprint density at radius 2 is 0.917 bits per heavy atom. The van der Waals surface area contributed by atoms with E-state index < -0.39 is 35.0 Å². The Hall–Kier alpha value is 1.07. The molecule has 0 aromatic carbocycles. The first-order valence-electron chi connectivity index (χ1n) is 15.0. The second-order valence-corrected chi connectivity index (χ2v) is 37.5. The van der Waals surface area contributed by atoms with Gasteiger partial charge >= 0.3 is 233 Å². The van der Waals surface area contributed by atoms with E-state index in [1.54, 1.807) is 0 Å². The van der Waals surface area contributed by atoms with Crippen LogP contribution >= 0.6 is 0 Å². The molecule has 0 amide bonds. The molecule has 4 nitrogen and oxygen atoms in total. The van der Waals surface area contributed by atoms with E-state index >= 15 is 0 Å². The van der Waals surface area contributed by atoms with Crippen LogP contribution in [-0.4, -0.2) is 64.7 Å². The summed E-state index contributed by atoms with van der Waals surface area (Å²) in [5.74, 6) is 0. The van der Waals surface area contributed by atoms with Crippen LogP contribution in [0.3, 0.4) is 0 Å². The van der Waals surface area contributed by atoms with Crippen LogP contribution in [0.25, 0.3) is 0 Å². The Bertz CT molecular complexity index is 568. The zero-order valence-corrected chi connectivity index (χ0v) is 31.5. The molecule has 0 N–H and O–H groups in total.